The molecule has 3 atom stereocenters. The van der Waals surface area contributed by atoms with E-state index in [1.165, 1.54) is 0 Å². The van der Waals surface area contributed by atoms with Crippen molar-refractivity contribution in [3.63, 3.8) is 0 Å². The van der Waals surface area contributed by atoms with Gasteiger partial charge < -0.3 is 49.0 Å². The molecule has 3 unspecified atom stereocenters. The van der Waals surface area contributed by atoms with E-state index >= 15 is 0 Å². The molecule has 13 N–H and O–H groups in total. The highest BCUT2D eigenvalue weighted by Gasteiger charge is 2.30. The Hall–Kier alpha value is -4.66. The van der Waals surface area contributed by atoms with Crippen molar-refractivity contribution >= 4 is 46.5 Å². The van der Waals surface area contributed by atoms with Crippen LogP contribution < -0.4 is 38.9 Å². The fourth-order valence-corrected chi connectivity index (χ4v) is 3.70. The second-order valence-electron chi connectivity index (χ2n) is 8.47. The molecule has 0 bridgehead atoms. The lowest BCUT2D eigenvalue weighted by Gasteiger charge is -2.24. The van der Waals surface area contributed by atoms with E-state index in [1.54, 1.807) is 6.20 Å². The van der Waals surface area contributed by atoms with Crippen LogP contribution in [0.2, 0.25) is 0 Å². The maximum Gasteiger partial charge on any atom is 0.326 e. The molecule has 1 heterocycles. The van der Waals surface area contributed by atoms with Crippen LogP contribution in [-0.4, -0.2) is 76.9 Å². The molecule has 38 heavy (non-hydrogen) atoms. The van der Waals surface area contributed by atoms with Gasteiger partial charge in [-0.2, -0.15) is 0 Å². The molecule has 206 valence electrons. The first-order chi connectivity index (χ1) is 18.0. The predicted molar refractivity (Wildman–Crippen MR) is 138 cm³/mol. The van der Waals surface area contributed by atoms with Crippen LogP contribution in [0.3, 0.4) is 0 Å². The van der Waals surface area contributed by atoms with Crippen LogP contribution in [0, 0.1) is 0 Å². The van der Waals surface area contributed by atoms with Crippen molar-refractivity contribution in [2.45, 2.75) is 43.8 Å². The Labute approximate surface area is 217 Å². The monoisotopic (exact) mass is 531 g/mol. The van der Waals surface area contributed by atoms with Crippen molar-refractivity contribution in [3.8, 4) is 0 Å². The summed E-state index contributed by atoms with van der Waals surface area (Å²) in [6.07, 6.45) is 1.35. The van der Waals surface area contributed by atoms with E-state index < -0.39 is 60.7 Å². The lowest BCUT2D eigenvalue weighted by atomic mass is 10.0. The number of carboxylic acids is 1. The Morgan fingerprint density at radius 3 is 2.24 bits per heavy atom. The number of H-pyrrole nitrogens is 1. The van der Waals surface area contributed by atoms with Gasteiger partial charge in [-0.3, -0.25) is 24.2 Å². The van der Waals surface area contributed by atoms with Gasteiger partial charge in [0.1, 0.15) is 18.1 Å². The minimum atomic E-state index is -1.39. The maximum absolute atomic E-state index is 13.2. The molecular weight excluding hydrogens is 498 g/mol. The van der Waals surface area contributed by atoms with E-state index in [2.05, 4.69) is 25.9 Å². The number of nitrogens with two attached hydrogens (primary N) is 4. The number of primary amides is 1. The van der Waals surface area contributed by atoms with Crippen LogP contribution in [-0.2, 0) is 30.4 Å². The predicted octanol–water partition coefficient (Wildman–Crippen LogP) is -2.86. The van der Waals surface area contributed by atoms with E-state index in [0.717, 1.165) is 10.9 Å². The number of aliphatic carboxylic acids is 1. The number of aromatic nitrogens is 1. The number of carboxylic acid groups (broad SMARTS) is 1. The number of hydrogen-bond acceptors (Lipinski definition) is 7. The summed E-state index contributed by atoms with van der Waals surface area (Å²) in [4.78, 5) is 68.0. The minimum absolute atomic E-state index is 0.0158. The molecule has 0 aliphatic carbocycles. The Kier molecular flexibility index (Phi) is 11.0. The normalized spacial score (nSPS) is 13.1. The van der Waals surface area contributed by atoms with Gasteiger partial charge in [-0.25, -0.2) is 4.79 Å². The van der Waals surface area contributed by atoms with E-state index in [0.29, 0.717) is 5.56 Å². The number of hydrogen-bond donors (Lipinski definition) is 9. The summed E-state index contributed by atoms with van der Waals surface area (Å²) < 4.78 is 0. The molecule has 2 rings (SSSR count). The van der Waals surface area contributed by atoms with Crippen molar-refractivity contribution in [2.75, 3.05) is 13.1 Å². The summed E-state index contributed by atoms with van der Waals surface area (Å²) in [5, 5.41) is 17.8. The van der Waals surface area contributed by atoms with Gasteiger partial charge in [-0.05, 0) is 24.5 Å². The number of carbonyl (C=O) groups excluding carboxylic acids is 4. The molecule has 1 aromatic carbocycles. The molecule has 0 saturated carbocycles. The molecule has 1 aromatic heterocycles. The van der Waals surface area contributed by atoms with Crippen LogP contribution in [0.5, 0.6) is 0 Å². The van der Waals surface area contributed by atoms with Crippen LogP contribution in [0.1, 0.15) is 24.8 Å². The quantitative estimate of drug-likeness (QED) is 0.0648. The third-order valence-corrected chi connectivity index (χ3v) is 5.53. The number of amides is 4. The van der Waals surface area contributed by atoms with Gasteiger partial charge >= 0.3 is 5.97 Å². The first-order valence-corrected chi connectivity index (χ1v) is 11.7. The highest BCUT2D eigenvalue weighted by molar-refractivity contribution is 5.95. The summed E-state index contributed by atoms with van der Waals surface area (Å²) >= 11 is 0. The molecule has 2 aromatic rings. The fourth-order valence-electron chi connectivity index (χ4n) is 3.70. The molecule has 15 nitrogen and oxygen atoms in total. The third kappa shape index (κ3) is 9.09. The van der Waals surface area contributed by atoms with Gasteiger partial charge in [0, 0.05) is 30.1 Å². The minimum Gasteiger partial charge on any atom is -0.480 e. The number of benzene rings is 1. The van der Waals surface area contributed by atoms with Crippen LogP contribution in [0.25, 0.3) is 10.9 Å². The third-order valence-electron chi connectivity index (χ3n) is 5.53. The molecule has 0 radical (unpaired) electrons. The summed E-state index contributed by atoms with van der Waals surface area (Å²) in [5.41, 5.74) is 22.6. The summed E-state index contributed by atoms with van der Waals surface area (Å²) in [6.45, 7) is -0.312. The largest absolute Gasteiger partial charge is 0.480 e. The molecule has 0 saturated heterocycles. The molecule has 0 spiro atoms. The van der Waals surface area contributed by atoms with Gasteiger partial charge in [0.25, 0.3) is 0 Å². The molecular formula is C23H33N9O6. The van der Waals surface area contributed by atoms with Gasteiger partial charge in [0.15, 0.2) is 5.96 Å². The van der Waals surface area contributed by atoms with Crippen molar-refractivity contribution in [1.29, 1.82) is 0 Å². The number of guanidine groups is 1. The molecule has 0 aliphatic rings. The van der Waals surface area contributed by atoms with Gasteiger partial charge in [0.05, 0.1) is 13.0 Å². The lowest BCUT2D eigenvalue weighted by molar-refractivity contribution is -0.142. The van der Waals surface area contributed by atoms with E-state index in [4.69, 9.17) is 22.9 Å². The standard InChI is InChI=1S/C23H33N9O6/c24-10-19(34)30-16(9-18(25)33)21(36)31-15(6-3-7-28-23(26)27)20(35)32-17(22(37)38)8-12-11-29-14-5-2-1-4-13(12)14/h1-2,4-5,11,15-17,29H,3,6-10,24H2,(H2,25,33)(H,30,34)(H,31,36)(H,32,35)(H,37,38)(H4,26,27,28). The summed E-state index contributed by atoms with van der Waals surface area (Å²) in [5.74, 6) is -4.71. The summed E-state index contributed by atoms with van der Waals surface area (Å²) in [6, 6.07) is 3.34. The van der Waals surface area contributed by atoms with Gasteiger partial charge in [-0.1, -0.05) is 18.2 Å². The average Bonchev–Trinajstić information content (AvgIpc) is 3.27. The van der Waals surface area contributed by atoms with Gasteiger partial charge in [0.2, 0.25) is 23.6 Å². The smallest absolute Gasteiger partial charge is 0.326 e. The van der Waals surface area contributed by atoms with Crippen LogP contribution in [0.4, 0.5) is 0 Å². The van der Waals surface area contributed by atoms with Crippen molar-refractivity contribution in [1.82, 2.24) is 20.9 Å². The Bertz CT molecular complexity index is 1190. The van der Waals surface area contributed by atoms with Crippen LogP contribution >= 0.6 is 0 Å². The molecule has 15 heteroatoms. The zero-order chi connectivity index (χ0) is 28.2. The molecule has 4 amide bonds. The zero-order valence-electron chi connectivity index (χ0n) is 20.6. The number of para-hydroxylation sites is 1. The fraction of sp³-hybridized carbons (Fsp3) is 0.391. The van der Waals surface area contributed by atoms with E-state index in [-0.39, 0.29) is 31.8 Å². The number of carbonyl (C=O) groups is 5. The molecule has 0 fully saturated rings. The Morgan fingerprint density at radius 2 is 1.61 bits per heavy atom. The topological polar surface area (TPSA) is 274 Å². The summed E-state index contributed by atoms with van der Waals surface area (Å²) in [7, 11) is 0. The average molecular weight is 532 g/mol. The number of aromatic amines is 1. The number of rotatable bonds is 15. The Morgan fingerprint density at radius 1 is 0.947 bits per heavy atom. The first kappa shape index (κ1) is 29.6. The van der Waals surface area contributed by atoms with E-state index in [9.17, 15) is 29.1 Å². The van der Waals surface area contributed by atoms with Crippen molar-refractivity contribution in [3.05, 3.63) is 36.0 Å². The van der Waals surface area contributed by atoms with Gasteiger partial charge in [-0.15, -0.1) is 0 Å². The molecule has 0 aliphatic heterocycles. The maximum atomic E-state index is 13.2. The number of aliphatic imine (C=N–C) groups is 1. The first-order valence-electron chi connectivity index (χ1n) is 11.7. The van der Waals surface area contributed by atoms with Crippen molar-refractivity contribution in [2.24, 2.45) is 27.9 Å². The van der Waals surface area contributed by atoms with Crippen LogP contribution in [0.15, 0.2) is 35.5 Å². The Balaban J connectivity index is 2.21. The zero-order valence-corrected chi connectivity index (χ0v) is 20.6. The van der Waals surface area contributed by atoms with E-state index in [1.807, 2.05) is 24.3 Å². The van der Waals surface area contributed by atoms with Crippen molar-refractivity contribution < 1.29 is 29.1 Å². The SMILES string of the molecule is NCC(=O)NC(CC(N)=O)C(=O)NC(CCCN=C(N)N)C(=O)NC(Cc1c[nH]c2ccccc12)C(=O)O. The second-order valence-corrected chi connectivity index (χ2v) is 8.47. The highest BCUT2D eigenvalue weighted by atomic mass is 16.4. The number of nitrogens with one attached hydrogen (secondary N) is 4. The number of fused-ring (bicyclic) bond motifs is 1. The second kappa shape index (κ2) is 14.2. The highest BCUT2D eigenvalue weighted by Crippen LogP contribution is 2.19. The lowest BCUT2D eigenvalue weighted by Crippen LogP contribution is -2.57. The number of nitrogens with zero attached hydrogens (tertiary/aromatic N) is 1.